The largest absolute Gasteiger partial charge is 0.497 e. The van der Waals surface area contributed by atoms with E-state index in [1.807, 2.05) is 45.0 Å². The molecule has 2 N–H and O–H groups in total. The molecule has 0 heterocycles. The van der Waals surface area contributed by atoms with Crippen LogP contribution in [0.4, 0.5) is 0 Å². The Morgan fingerprint density at radius 3 is 2.12 bits per heavy atom. The van der Waals surface area contributed by atoms with Crippen LogP contribution in [-0.2, 0) is 0 Å². The van der Waals surface area contributed by atoms with Crippen molar-refractivity contribution in [2.45, 2.75) is 45.4 Å². The smallest absolute Gasteiger partial charge is 0.118 e. The molecule has 17 heavy (non-hydrogen) atoms. The minimum Gasteiger partial charge on any atom is -0.497 e. The van der Waals surface area contributed by atoms with Crippen molar-refractivity contribution in [3.63, 3.8) is 0 Å². The average molecular weight is 237 g/mol. The number of hydrogen-bond donors (Lipinski definition) is 2. The fraction of sp³-hybridized carbons (Fsp3) is 0.571. The Morgan fingerprint density at radius 2 is 1.71 bits per heavy atom. The molecule has 1 rings (SSSR count). The fourth-order valence-corrected chi connectivity index (χ4v) is 1.57. The molecule has 2 atom stereocenters. The minimum atomic E-state index is -0.721. The highest BCUT2D eigenvalue weighted by molar-refractivity contribution is 5.28. The summed E-state index contributed by atoms with van der Waals surface area (Å²) < 4.78 is 5.12. The molecule has 0 fully saturated rings. The summed E-state index contributed by atoms with van der Waals surface area (Å²) >= 11 is 0. The van der Waals surface area contributed by atoms with Crippen molar-refractivity contribution < 1.29 is 9.84 Å². The number of aliphatic hydroxyl groups is 1. The zero-order valence-electron chi connectivity index (χ0n) is 11.3. The van der Waals surface area contributed by atoms with Crippen LogP contribution in [0.1, 0.15) is 39.3 Å². The van der Waals surface area contributed by atoms with Crippen molar-refractivity contribution in [2.24, 2.45) is 0 Å². The van der Waals surface area contributed by atoms with Crippen LogP contribution in [0.3, 0.4) is 0 Å². The van der Waals surface area contributed by atoms with Gasteiger partial charge in [0.1, 0.15) is 5.75 Å². The van der Waals surface area contributed by atoms with Gasteiger partial charge >= 0.3 is 0 Å². The summed E-state index contributed by atoms with van der Waals surface area (Å²) in [6, 6.07) is 8.19. The second-order valence-electron chi connectivity index (χ2n) is 5.04. The van der Waals surface area contributed by atoms with E-state index < -0.39 is 5.60 Å². The second-order valence-corrected chi connectivity index (χ2v) is 5.04. The number of benzene rings is 1. The van der Waals surface area contributed by atoms with Gasteiger partial charge in [0, 0.05) is 12.1 Å². The maximum Gasteiger partial charge on any atom is 0.118 e. The van der Waals surface area contributed by atoms with Crippen LogP contribution in [-0.4, -0.2) is 23.9 Å². The lowest BCUT2D eigenvalue weighted by Crippen LogP contribution is -2.45. The van der Waals surface area contributed by atoms with Gasteiger partial charge in [0.25, 0.3) is 0 Å². The average Bonchev–Trinajstić information content (AvgIpc) is 2.27. The molecule has 1 unspecified atom stereocenters. The Bertz CT molecular complexity index is 340. The highest BCUT2D eigenvalue weighted by Crippen LogP contribution is 2.19. The summed E-state index contributed by atoms with van der Waals surface area (Å²) in [5.41, 5.74) is 0.461. The standard InChI is InChI=1S/C14H23NO2/c1-10(15-11(2)14(3,4)16)12-6-8-13(17-5)9-7-12/h6-11,15-16H,1-5H3/t10-,11?/m1/s1. The molecule has 0 saturated carbocycles. The third kappa shape index (κ3) is 4.02. The number of hydrogen-bond acceptors (Lipinski definition) is 3. The molecule has 0 spiro atoms. The van der Waals surface area contributed by atoms with E-state index >= 15 is 0 Å². The molecular weight excluding hydrogens is 214 g/mol. The molecule has 3 heteroatoms. The predicted molar refractivity (Wildman–Crippen MR) is 70.3 cm³/mol. The molecule has 0 aliphatic carbocycles. The lowest BCUT2D eigenvalue weighted by atomic mass is 9.98. The fourth-order valence-electron chi connectivity index (χ4n) is 1.57. The van der Waals surface area contributed by atoms with Gasteiger partial charge in [-0.2, -0.15) is 0 Å². The van der Waals surface area contributed by atoms with E-state index in [-0.39, 0.29) is 12.1 Å². The van der Waals surface area contributed by atoms with Crippen molar-refractivity contribution >= 4 is 0 Å². The summed E-state index contributed by atoms with van der Waals surface area (Å²) in [4.78, 5) is 0. The van der Waals surface area contributed by atoms with E-state index in [1.54, 1.807) is 7.11 Å². The molecule has 1 aromatic carbocycles. The molecule has 96 valence electrons. The van der Waals surface area contributed by atoms with Gasteiger partial charge in [0.15, 0.2) is 0 Å². The van der Waals surface area contributed by atoms with E-state index in [4.69, 9.17) is 4.74 Å². The Balaban J connectivity index is 2.66. The zero-order chi connectivity index (χ0) is 13.1. The normalized spacial score (nSPS) is 15.4. The van der Waals surface area contributed by atoms with Crippen LogP contribution in [0.2, 0.25) is 0 Å². The Hall–Kier alpha value is -1.06. The first kappa shape index (κ1) is 14.0. The number of nitrogens with one attached hydrogen (secondary N) is 1. The van der Waals surface area contributed by atoms with Crippen molar-refractivity contribution in [3.05, 3.63) is 29.8 Å². The SMILES string of the molecule is COc1ccc([C@@H](C)NC(C)C(C)(C)O)cc1. The lowest BCUT2D eigenvalue weighted by molar-refractivity contribution is 0.0405. The van der Waals surface area contributed by atoms with Crippen molar-refractivity contribution in [2.75, 3.05) is 7.11 Å². The van der Waals surface area contributed by atoms with E-state index in [0.29, 0.717) is 0 Å². The minimum absolute atomic E-state index is 0.0274. The van der Waals surface area contributed by atoms with Crippen LogP contribution >= 0.6 is 0 Å². The maximum absolute atomic E-state index is 9.88. The highest BCUT2D eigenvalue weighted by Gasteiger charge is 2.23. The first-order valence-electron chi connectivity index (χ1n) is 5.97. The molecule has 0 radical (unpaired) electrons. The van der Waals surface area contributed by atoms with Crippen LogP contribution in [0.5, 0.6) is 5.75 Å². The molecule has 0 bridgehead atoms. The molecule has 0 saturated heterocycles. The van der Waals surface area contributed by atoms with Crippen LogP contribution in [0.25, 0.3) is 0 Å². The van der Waals surface area contributed by atoms with Crippen LogP contribution in [0, 0.1) is 0 Å². The molecular formula is C14H23NO2. The molecule has 0 aromatic heterocycles. The van der Waals surface area contributed by atoms with Gasteiger partial charge in [0.05, 0.1) is 12.7 Å². The number of ether oxygens (including phenoxy) is 1. The van der Waals surface area contributed by atoms with Gasteiger partial charge in [-0.25, -0.2) is 0 Å². The Labute approximate surface area is 104 Å². The Kier molecular flexibility index (Phi) is 4.54. The van der Waals surface area contributed by atoms with Crippen LogP contribution in [0.15, 0.2) is 24.3 Å². The van der Waals surface area contributed by atoms with Crippen molar-refractivity contribution in [3.8, 4) is 5.75 Å². The summed E-state index contributed by atoms with van der Waals surface area (Å²) in [7, 11) is 1.66. The third-order valence-corrected chi connectivity index (χ3v) is 3.18. The number of methoxy groups -OCH3 is 1. The zero-order valence-corrected chi connectivity index (χ0v) is 11.3. The lowest BCUT2D eigenvalue weighted by Gasteiger charge is -2.30. The van der Waals surface area contributed by atoms with E-state index in [1.165, 1.54) is 5.56 Å². The topological polar surface area (TPSA) is 41.5 Å². The van der Waals surface area contributed by atoms with Crippen molar-refractivity contribution in [1.82, 2.24) is 5.32 Å². The van der Waals surface area contributed by atoms with Gasteiger partial charge in [0.2, 0.25) is 0 Å². The quantitative estimate of drug-likeness (QED) is 0.826. The van der Waals surface area contributed by atoms with Gasteiger partial charge in [-0.15, -0.1) is 0 Å². The summed E-state index contributed by atoms with van der Waals surface area (Å²) in [5, 5.41) is 13.3. The van der Waals surface area contributed by atoms with Crippen molar-refractivity contribution in [1.29, 1.82) is 0 Å². The van der Waals surface area contributed by atoms with Crippen LogP contribution < -0.4 is 10.1 Å². The predicted octanol–water partition coefficient (Wildman–Crippen LogP) is 2.51. The molecule has 0 aliphatic heterocycles. The highest BCUT2D eigenvalue weighted by atomic mass is 16.5. The van der Waals surface area contributed by atoms with E-state index in [2.05, 4.69) is 12.2 Å². The first-order valence-corrected chi connectivity index (χ1v) is 5.97. The molecule has 1 aromatic rings. The third-order valence-electron chi connectivity index (χ3n) is 3.18. The second kappa shape index (κ2) is 5.52. The van der Waals surface area contributed by atoms with E-state index in [9.17, 15) is 5.11 Å². The van der Waals surface area contributed by atoms with Gasteiger partial charge < -0.3 is 15.2 Å². The summed E-state index contributed by atoms with van der Waals surface area (Å²) in [6.45, 7) is 7.70. The van der Waals surface area contributed by atoms with Gasteiger partial charge in [-0.1, -0.05) is 12.1 Å². The van der Waals surface area contributed by atoms with E-state index in [0.717, 1.165) is 5.75 Å². The summed E-state index contributed by atoms with van der Waals surface area (Å²) in [5.74, 6) is 0.858. The molecule has 0 aliphatic rings. The molecule has 3 nitrogen and oxygen atoms in total. The monoisotopic (exact) mass is 237 g/mol. The van der Waals surface area contributed by atoms with Gasteiger partial charge in [-0.3, -0.25) is 0 Å². The Morgan fingerprint density at radius 1 is 1.18 bits per heavy atom. The summed E-state index contributed by atoms with van der Waals surface area (Å²) in [6.07, 6.45) is 0. The maximum atomic E-state index is 9.88. The number of rotatable bonds is 5. The first-order chi connectivity index (χ1) is 7.84. The van der Waals surface area contributed by atoms with Gasteiger partial charge in [-0.05, 0) is 45.4 Å². The molecule has 0 amide bonds.